The molecule has 1 aromatic carbocycles. The first-order valence-corrected chi connectivity index (χ1v) is 7.47. The van der Waals surface area contributed by atoms with Crippen molar-refractivity contribution in [1.82, 2.24) is 9.88 Å². The fourth-order valence-electron chi connectivity index (χ4n) is 2.71. The topological polar surface area (TPSA) is 60.2 Å². The molecule has 1 saturated heterocycles. The van der Waals surface area contributed by atoms with Crippen molar-refractivity contribution in [3.05, 3.63) is 35.0 Å². The fourth-order valence-corrected chi connectivity index (χ4v) is 2.96. The second-order valence-electron chi connectivity index (χ2n) is 5.30. The van der Waals surface area contributed by atoms with E-state index in [1.54, 1.807) is 13.0 Å². The van der Waals surface area contributed by atoms with Gasteiger partial charge in [-0.1, -0.05) is 11.6 Å². The third-order valence-corrected chi connectivity index (χ3v) is 4.26. The van der Waals surface area contributed by atoms with Gasteiger partial charge in [-0.3, -0.25) is 4.79 Å². The Morgan fingerprint density at radius 3 is 2.64 bits per heavy atom. The van der Waals surface area contributed by atoms with Gasteiger partial charge < -0.3 is 9.80 Å². The van der Waals surface area contributed by atoms with E-state index in [4.69, 9.17) is 16.9 Å². The van der Waals surface area contributed by atoms with Gasteiger partial charge in [0, 0.05) is 44.2 Å². The molecule has 22 heavy (non-hydrogen) atoms. The molecule has 2 aromatic rings. The summed E-state index contributed by atoms with van der Waals surface area (Å²) < 4.78 is 0. The molecule has 1 fully saturated rings. The minimum Gasteiger partial charge on any atom is -0.368 e. The molecule has 2 heterocycles. The number of hydrogen-bond donors (Lipinski definition) is 0. The van der Waals surface area contributed by atoms with Crippen LogP contribution in [0.2, 0.25) is 5.02 Å². The minimum atomic E-state index is 0.120. The smallest absolute Gasteiger partial charge is 0.219 e. The highest BCUT2D eigenvalue weighted by molar-refractivity contribution is 6.35. The summed E-state index contributed by atoms with van der Waals surface area (Å²) in [5, 5.41) is 10.3. The Bertz CT molecular complexity index is 776. The lowest BCUT2D eigenvalue weighted by atomic mass is 10.1. The number of fused-ring (bicyclic) bond motifs is 1. The summed E-state index contributed by atoms with van der Waals surface area (Å²) in [7, 11) is 0. The van der Waals surface area contributed by atoms with E-state index in [-0.39, 0.29) is 5.91 Å². The fraction of sp³-hybridized carbons (Fsp3) is 0.312. The lowest BCUT2D eigenvalue weighted by Crippen LogP contribution is -2.48. The van der Waals surface area contributed by atoms with Gasteiger partial charge in [-0.15, -0.1) is 0 Å². The number of halogens is 1. The summed E-state index contributed by atoms with van der Waals surface area (Å²) in [6.07, 6.45) is 0. The Kier molecular flexibility index (Phi) is 3.86. The van der Waals surface area contributed by atoms with E-state index >= 15 is 0 Å². The number of piperazine rings is 1. The third kappa shape index (κ3) is 2.70. The number of carbonyl (C=O) groups is 1. The molecule has 5 nitrogen and oxygen atoms in total. The quantitative estimate of drug-likeness (QED) is 0.811. The zero-order valence-corrected chi connectivity index (χ0v) is 13.0. The Balaban J connectivity index is 1.89. The average molecular weight is 315 g/mol. The zero-order valence-electron chi connectivity index (χ0n) is 12.2. The van der Waals surface area contributed by atoms with Crippen LogP contribution in [0.5, 0.6) is 0 Å². The molecule has 0 unspecified atom stereocenters. The number of rotatable bonds is 1. The van der Waals surface area contributed by atoms with Crippen LogP contribution in [-0.2, 0) is 4.79 Å². The third-order valence-electron chi connectivity index (χ3n) is 3.95. The summed E-state index contributed by atoms with van der Waals surface area (Å²) >= 11 is 6.25. The lowest BCUT2D eigenvalue weighted by molar-refractivity contribution is -0.129. The van der Waals surface area contributed by atoms with Crippen molar-refractivity contribution in [2.24, 2.45) is 0 Å². The normalized spacial score (nSPS) is 15.0. The highest BCUT2D eigenvalue weighted by atomic mass is 35.5. The SMILES string of the molecule is CC(=O)N1CCN(c2ccc3nc(C#N)cc(Cl)c3c2)CC1. The van der Waals surface area contributed by atoms with Crippen molar-refractivity contribution >= 4 is 34.1 Å². The van der Waals surface area contributed by atoms with Gasteiger partial charge in [0.1, 0.15) is 11.8 Å². The summed E-state index contributed by atoms with van der Waals surface area (Å²) in [4.78, 5) is 19.7. The first-order valence-electron chi connectivity index (χ1n) is 7.09. The second kappa shape index (κ2) is 5.82. The van der Waals surface area contributed by atoms with Crippen LogP contribution in [-0.4, -0.2) is 42.0 Å². The van der Waals surface area contributed by atoms with E-state index in [9.17, 15) is 4.79 Å². The van der Waals surface area contributed by atoms with Crippen molar-refractivity contribution < 1.29 is 4.79 Å². The van der Waals surface area contributed by atoms with Gasteiger partial charge in [-0.2, -0.15) is 5.26 Å². The van der Waals surface area contributed by atoms with Crippen LogP contribution in [0.25, 0.3) is 10.9 Å². The summed E-state index contributed by atoms with van der Waals surface area (Å²) in [5.74, 6) is 0.120. The Morgan fingerprint density at radius 1 is 1.27 bits per heavy atom. The van der Waals surface area contributed by atoms with E-state index in [1.165, 1.54) is 0 Å². The zero-order chi connectivity index (χ0) is 15.7. The van der Waals surface area contributed by atoms with Gasteiger partial charge in [0.25, 0.3) is 0 Å². The number of benzene rings is 1. The standard InChI is InChI=1S/C16H15ClN4O/c1-11(22)20-4-6-21(7-5-20)13-2-3-16-14(9-13)15(17)8-12(10-18)19-16/h2-3,8-9H,4-7H2,1H3. The van der Waals surface area contributed by atoms with Gasteiger partial charge in [-0.25, -0.2) is 4.98 Å². The molecule has 6 heteroatoms. The molecule has 1 aliphatic heterocycles. The predicted octanol–water partition coefficient (Wildman–Crippen LogP) is 2.43. The number of carbonyl (C=O) groups excluding carboxylic acids is 1. The number of pyridine rings is 1. The van der Waals surface area contributed by atoms with Crippen LogP contribution in [0.15, 0.2) is 24.3 Å². The van der Waals surface area contributed by atoms with Crippen LogP contribution in [0.1, 0.15) is 12.6 Å². The second-order valence-corrected chi connectivity index (χ2v) is 5.70. The highest BCUT2D eigenvalue weighted by Crippen LogP contribution is 2.28. The number of aromatic nitrogens is 1. The molecule has 0 atom stereocenters. The maximum atomic E-state index is 11.4. The van der Waals surface area contributed by atoms with Crippen molar-refractivity contribution in [3.8, 4) is 6.07 Å². The van der Waals surface area contributed by atoms with Crippen molar-refractivity contribution in [2.75, 3.05) is 31.1 Å². The molecule has 3 rings (SSSR count). The van der Waals surface area contributed by atoms with Gasteiger partial charge >= 0.3 is 0 Å². The molecule has 0 aliphatic carbocycles. The van der Waals surface area contributed by atoms with Crippen LogP contribution in [0.3, 0.4) is 0 Å². The lowest BCUT2D eigenvalue weighted by Gasteiger charge is -2.35. The number of amides is 1. The van der Waals surface area contributed by atoms with Gasteiger partial charge in [0.15, 0.2) is 0 Å². The summed E-state index contributed by atoms with van der Waals surface area (Å²) in [6.45, 7) is 4.65. The summed E-state index contributed by atoms with van der Waals surface area (Å²) in [5.41, 5.74) is 2.10. The van der Waals surface area contributed by atoms with Crippen LogP contribution < -0.4 is 4.90 Å². The van der Waals surface area contributed by atoms with Crippen LogP contribution in [0, 0.1) is 11.3 Å². The van der Waals surface area contributed by atoms with Crippen molar-refractivity contribution in [3.63, 3.8) is 0 Å². The van der Waals surface area contributed by atoms with Crippen molar-refractivity contribution in [2.45, 2.75) is 6.92 Å². The molecule has 112 valence electrons. The number of anilines is 1. The number of hydrogen-bond acceptors (Lipinski definition) is 4. The Labute approximate surface area is 133 Å². The van der Waals surface area contributed by atoms with Gasteiger partial charge in [0.2, 0.25) is 5.91 Å². The van der Waals surface area contributed by atoms with E-state index in [2.05, 4.69) is 9.88 Å². The van der Waals surface area contributed by atoms with E-state index in [0.717, 1.165) is 42.8 Å². The predicted molar refractivity (Wildman–Crippen MR) is 85.9 cm³/mol. The molecule has 0 N–H and O–H groups in total. The molecule has 1 amide bonds. The van der Waals surface area contributed by atoms with Gasteiger partial charge in [-0.05, 0) is 24.3 Å². The largest absolute Gasteiger partial charge is 0.368 e. The van der Waals surface area contributed by atoms with Crippen molar-refractivity contribution in [1.29, 1.82) is 5.26 Å². The highest BCUT2D eigenvalue weighted by Gasteiger charge is 2.19. The Hall–Kier alpha value is -2.32. The first-order chi connectivity index (χ1) is 10.6. The molecule has 0 radical (unpaired) electrons. The molecule has 0 bridgehead atoms. The molecule has 0 saturated carbocycles. The van der Waals surface area contributed by atoms with E-state index in [0.29, 0.717) is 10.7 Å². The maximum Gasteiger partial charge on any atom is 0.219 e. The molecular formula is C16H15ClN4O. The number of nitriles is 1. The average Bonchev–Trinajstić information content (AvgIpc) is 2.54. The minimum absolute atomic E-state index is 0.120. The molecular weight excluding hydrogens is 300 g/mol. The Morgan fingerprint density at radius 2 is 2.00 bits per heavy atom. The molecule has 1 aromatic heterocycles. The first kappa shape index (κ1) is 14.6. The van der Waals surface area contributed by atoms with E-state index < -0.39 is 0 Å². The maximum absolute atomic E-state index is 11.4. The van der Waals surface area contributed by atoms with Gasteiger partial charge in [0.05, 0.1) is 10.5 Å². The number of nitrogens with zero attached hydrogens (tertiary/aromatic N) is 4. The van der Waals surface area contributed by atoms with Crippen LogP contribution in [0.4, 0.5) is 5.69 Å². The molecule has 0 spiro atoms. The van der Waals surface area contributed by atoms with E-state index in [1.807, 2.05) is 29.2 Å². The monoisotopic (exact) mass is 314 g/mol. The van der Waals surface area contributed by atoms with Crippen LogP contribution >= 0.6 is 11.6 Å². The molecule has 1 aliphatic rings. The summed E-state index contributed by atoms with van der Waals surface area (Å²) in [6, 6.07) is 9.46.